The molecule has 1 saturated heterocycles. The number of aliphatic imine (C=N–C) groups is 1. The van der Waals surface area contributed by atoms with Crippen molar-refractivity contribution in [2.75, 3.05) is 25.2 Å². The highest BCUT2D eigenvalue weighted by molar-refractivity contribution is 9.10. The first-order valence-electron chi connectivity index (χ1n) is 7.30. The number of nitrogens with zero attached hydrogens (tertiary/aromatic N) is 1. The lowest BCUT2D eigenvalue weighted by Crippen LogP contribution is -2.37. The third kappa shape index (κ3) is 5.31. The van der Waals surface area contributed by atoms with Crippen LogP contribution in [-0.2, 0) is 14.3 Å². The molecular formula is C15H20BrN3O3. The summed E-state index contributed by atoms with van der Waals surface area (Å²) in [4.78, 5) is 16.2. The lowest BCUT2D eigenvalue weighted by molar-refractivity contribution is -0.135. The fraction of sp³-hybridized carbons (Fsp3) is 0.467. The van der Waals surface area contributed by atoms with Crippen LogP contribution in [0.25, 0.3) is 0 Å². The van der Waals surface area contributed by atoms with Crippen LogP contribution in [0.15, 0.2) is 33.7 Å². The second-order valence-electron chi connectivity index (χ2n) is 4.80. The van der Waals surface area contributed by atoms with E-state index in [1.165, 1.54) is 0 Å². The molecule has 6 nitrogen and oxygen atoms in total. The van der Waals surface area contributed by atoms with Gasteiger partial charge >= 0.3 is 5.97 Å². The van der Waals surface area contributed by atoms with Crippen LogP contribution in [0, 0.1) is 0 Å². The van der Waals surface area contributed by atoms with Crippen LogP contribution in [0.5, 0.6) is 0 Å². The number of hydrazine groups is 1. The fourth-order valence-corrected chi connectivity index (χ4v) is 2.26. The molecular weight excluding hydrogens is 350 g/mol. The standard InChI is InChI=1S/C15H20BrN3O3/c1-2-21-15(20)14(17-10-13-4-3-9-22-13)19-18-12-7-5-11(16)6-8-12/h5-8,13,18H,2-4,9-10H2,1H3,(H,17,19). The summed E-state index contributed by atoms with van der Waals surface area (Å²) in [5, 5.41) is 0. The fourth-order valence-electron chi connectivity index (χ4n) is 2.00. The Balaban J connectivity index is 1.95. The van der Waals surface area contributed by atoms with Crippen molar-refractivity contribution in [3.8, 4) is 0 Å². The van der Waals surface area contributed by atoms with Gasteiger partial charge in [0.05, 0.1) is 24.9 Å². The van der Waals surface area contributed by atoms with Crippen molar-refractivity contribution in [2.24, 2.45) is 4.99 Å². The minimum atomic E-state index is -0.481. The Bertz CT molecular complexity index is 513. The second kappa shape index (κ2) is 8.75. The summed E-state index contributed by atoms with van der Waals surface area (Å²) in [6, 6.07) is 7.55. The van der Waals surface area contributed by atoms with Crippen LogP contribution in [0.2, 0.25) is 0 Å². The van der Waals surface area contributed by atoms with E-state index < -0.39 is 5.97 Å². The van der Waals surface area contributed by atoms with Crippen molar-refractivity contribution in [3.05, 3.63) is 28.7 Å². The number of rotatable bonds is 5. The topological polar surface area (TPSA) is 72.0 Å². The maximum absolute atomic E-state index is 11.9. The number of amidine groups is 1. The summed E-state index contributed by atoms with van der Waals surface area (Å²) in [5.74, 6) is -0.328. The van der Waals surface area contributed by atoms with Crippen molar-refractivity contribution >= 4 is 33.4 Å². The second-order valence-corrected chi connectivity index (χ2v) is 5.72. The van der Waals surface area contributed by atoms with Crippen molar-refractivity contribution in [1.29, 1.82) is 0 Å². The minimum Gasteiger partial charge on any atom is -0.460 e. The molecule has 1 atom stereocenters. The molecule has 2 rings (SSSR count). The van der Waals surface area contributed by atoms with Gasteiger partial charge in [-0.25, -0.2) is 4.79 Å². The van der Waals surface area contributed by atoms with E-state index in [-0.39, 0.29) is 11.9 Å². The Labute approximate surface area is 138 Å². The van der Waals surface area contributed by atoms with Crippen LogP contribution >= 0.6 is 15.9 Å². The molecule has 1 aliphatic rings. The summed E-state index contributed by atoms with van der Waals surface area (Å²) in [6.45, 7) is 3.28. The van der Waals surface area contributed by atoms with Crippen LogP contribution in [0.3, 0.4) is 0 Å². The molecule has 1 aromatic rings. The van der Waals surface area contributed by atoms with E-state index in [9.17, 15) is 4.79 Å². The molecule has 0 amide bonds. The van der Waals surface area contributed by atoms with Gasteiger partial charge in [0.2, 0.25) is 5.84 Å². The number of esters is 1. The highest BCUT2D eigenvalue weighted by Gasteiger charge is 2.17. The highest BCUT2D eigenvalue weighted by Crippen LogP contribution is 2.14. The molecule has 1 aliphatic heterocycles. The number of hydrogen-bond acceptors (Lipinski definition) is 5. The smallest absolute Gasteiger partial charge is 0.375 e. The van der Waals surface area contributed by atoms with Gasteiger partial charge in [-0.05, 0) is 44.0 Å². The van der Waals surface area contributed by atoms with Crippen LogP contribution in [-0.4, -0.2) is 37.7 Å². The molecule has 1 heterocycles. The monoisotopic (exact) mass is 369 g/mol. The molecule has 0 bridgehead atoms. The summed E-state index contributed by atoms with van der Waals surface area (Å²) in [7, 11) is 0. The van der Waals surface area contributed by atoms with E-state index in [2.05, 4.69) is 31.8 Å². The number of hydrogen-bond donors (Lipinski definition) is 2. The number of ether oxygens (including phenoxy) is 2. The molecule has 1 fully saturated rings. The number of carbonyl (C=O) groups is 1. The van der Waals surface area contributed by atoms with Gasteiger partial charge < -0.3 is 9.47 Å². The third-order valence-corrected chi connectivity index (χ3v) is 3.64. The Morgan fingerprint density at radius 3 is 2.86 bits per heavy atom. The largest absolute Gasteiger partial charge is 0.460 e. The zero-order valence-corrected chi connectivity index (χ0v) is 14.1. The van der Waals surface area contributed by atoms with Crippen LogP contribution in [0.1, 0.15) is 19.8 Å². The summed E-state index contributed by atoms with van der Waals surface area (Å²) in [6.07, 6.45) is 2.10. The van der Waals surface area contributed by atoms with E-state index in [1.807, 2.05) is 24.3 Å². The van der Waals surface area contributed by atoms with Crippen molar-refractivity contribution in [2.45, 2.75) is 25.9 Å². The van der Waals surface area contributed by atoms with E-state index in [0.29, 0.717) is 13.2 Å². The SMILES string of the molecule is CCOC(=O)C(=NCC1CCCO1)NNc1ccc(Br)cc1. The third-order valence-electron chi connectivity index (χ3n) is 3.12. The molecule has 0 aromatic heterocycles. The maximum Gasteiger partial charge on any atom is 0.375 e. The predicted octanol–water partition coefficient (Wildman–Crippen LogP) is 2.51. The summed E-state index contributed by atoms with van der Waals surface area (Å²) >= 11 is 3.37. The number of carbonyl (C=O) groups excluding carboxylic acids is 1. The molecule has 1 unspecified atom stereocenters. The normalized spacial score (nSPS) is 18.1. The average Bonchev–Trinajstić information content (AvgIpc) is 3.02. The van der Waals surface area contributed by atoms with Crippen LogP contribution in [0.4, 0.5) is 5.69 Å². The molecule has 0 radical (unpaired) electrons. The van der Waals surface area contributed by atoms with Gasteiger partial charge in [0, 0.05) is 11.1 Å². The summed E-state index contributed by atoms with van der Waals surface area (Å²) < 4.78 is 11.5. The quantitative estimate of drug-likeness (QED) is 0.361. The first-order valence-corrected chi connectivity index (χ1v) is 8.09. The number of benzene rings is 1. The molecule has 1 aromatic carbocycles. The maximum atomic E-state index is 11.9. The molecule has 2 N–H and O–H groups in total. The lowest BCUT2D eigenvalue weighted by atomic mass is 10.2. The number of anilines is 1. The molecule has 0 aliphatic carbocycles. The van der Waals surface area contributed by atoms with E-state index in [1.54, 1.807) is 6.92 Å². The highest BCUT2D eigenvalue weighted by atomic mass is 79.9. The molecule has 0 spiro atoms. The summed E-state index contributed by atoms with van der Waals surface area (Å²) in [5.41, 5.74) is 6.58. The Hall–Kier alpha value is -1.60. The Kier molecular flexibility index (Phi) is 6.67. The Morgan fingerprint density at radius 1 is 1.45 bits per heavy atom. The van der Waals surface area contributed by atoms with E-state index >= 15 is 0 Å². The van der Waals surface area contributed by atoms with Crippen molar-refractivity contribution in [3.63, 3.8) is 0 Å². The first-order chi connectivity index (χ1) is 10.7. The van der Waals surface area contributed by atoms with Gasteiger partial charge in [0.1, 0.15) is 0 Å². The van der Waals surface area contributed by atoms with Gasteiger partial charge in [-0.1, -0.05) is 15.9 Å². The van der Waals surface area contributed by atoms with E-state index in [4.69, 9.17) is 9.47 Å². The Morgan fingerprint density at radius 2 is 2.23 bits per heavy atom. The zero-order chi connectivity index (χ0) is 15.8. The molecule has 0 saturated carbocycles. The molecule has 22 heavy (non-hydrogen) atoms. The predicted molar refractivity (Wildman–Crippen MR) is 88.8 cm³/mol. The van der Waals surface area contributed by atoms with Gasteiger partial charge in [-0.3, -0.25) is 15.8 Å². The zero-order valence-electron chi connectivity index (χ0n) is 12.5. The average molecular weight is 370 g/mol. The minimum absolute atomic E-state index is 0.0823. The van der Waals surface area contributed by atoms with Gasteiger partial charge in [-0.15, -0.1) is 0 Å². The number of nitrogens with one attached hydrogen (secondary N) is 2. The molecule has 120 valence electrons. The van der Waals surface area contributed by atoms with Crippen molar-refractivity contribution in [1.82, 2.24) is 5.43 Å². The first kappa shape index (κ1) is 16.8. The van der Waals surface area contributed by atoms with Gasteiger partial charge in [-0.2, -0.15) is 0 Å². The lowest BCUT2D eigenvalue weighted by Gasteiger charge is -2.13. The van der Waals surface area contributed by atoms with E-state index in [0.717, 1.165) is 29.6 Å². The van der Waals surface area contributed by atoms with Crippen LogP contribution < -0.4 is 10.9 Å². The van der Waals surface area contributed by atoms with Gasteiger partial charge in [0.15, 0.2) is 0 Å². The van der Waals surface area contributed by atoms with Crippen molar-refractivity contribution < 1.29 is 14.3 Å². The van der Waals surface area contributed by atoms with Gasteiger partial charge in [0.25, 0.3) is 0 Å². The molecule has 7 heteroatoms. The number of halogens is 1.